The third kappa shape index (κ3) is 4.28. The van der Waals surface area contributed by atoms with E-state index >= 15 is 0 Å². The lowest BCUT2D eigenvalue weighted by molar-refractivity contribution is -0.131. The summed E-state index contributed by atoms with van der Waals surface area (Å²) in [6.45, 7) is 0.323. The number of primary amides is 1. The van der Waals surface area contributed by atoms with Crippen LogP contribution in [-0.4, -0.2) is 17.1 Å². The van der Waals surface area contributed by atoms with Gasteiger partial charge in [-0.3, -0.25) is 0 Å². The first-order valence-corrected chi connectivity index (χ1v) is 4.61. The quantitative estimate of drug-likeness (QED) is 0.659. The van der Waals surface area contributed by atoms with Crippen LogP contribution in [0.1, 0.15) is 11.1 Å². The Labute approximate surface area is 92.6 Å². The number of aliphatic carboxylic acids is 1. The molecule has 0 aliphatic carbocycles. The fraction of sp³-hybridized carbons (Fsp3) is 0.0909. The van der Waals surface area contributed by atoms with Crippen LogP contribution >= 0.6 is 0 Å². The fourth-order valence-corrected chi connectivity index (χ4v) is 1.16. The van der Waals surface area contributed by atoms with Crippen LogP contribution in [0.3, 0.4) is 0 Å². The molecule has 0 heterocycles. The zero-order valence-electron chi connectivity index (χ0n) is 8.51. The van der Waals surface area contributed by atoms with Gasteiger partial charge in [0.1, 0.15) is 0 Å². The Morgan fingerprint density at radius 2 is 2.19 bits per heavy atom. The Balaban J connectivity index is 2.71. The maximum atomic E-state index is 10.5. The van der Waals surface area contributed by atoms with Crippen molar-refractivity contribution in [2.45, 2.75) is 6.54 Å². The Hall–Kier alpha value is -2.30. The predicted octanol–water partition coefficient (Wildman–Crippen LogP) is 0.953. The number of hydrogen-bond donors (Lipinski definition) is 3. The van der Waals surface area contributed by atoms with E-state index in [-0.39, 0.29) is 0 Å². The summed E-state index contributed by atoms with van der Waals surface area (Å²) < 4.78 is 0. The van der Waals surface area contributed by atoms with Gasteiger partial charge >= 0.3 is 12.0 Å². The molecule has 16 heavy (non-hydrogen) atoms. The number of hydrogen-bond acceptors (Lipinski definition) is 2. The number of nitrogens with one attached hydrogen (secondary N) is 1. The van der Waals surface area contributed by atoms with E-state index in [9.17, 15) is 9.59 Å². The van der Waals surface area contributed by atoms with Crippen molar-refractivity contribution in [3.05, 3.63) is 41.5 Å². The summed E-state index contributed by atoms with van der Waals surface area (Å²) >= 11 is 0. The van der Waals surface area contributed by atoms with Crippen LogP contribution in [-0.2, 0) is 11.3 Å². The van der Waals surface area contributed by atoms with Crippen molar-refractivity contribution < 1.29 is 14.7 Å². The van der Waals surface area contributed by atoms with Crippen LogP contribution in [0.2, 0.25) is 0 Å². The molecule has 0 bridgehead atoms. The number of nitrogens with two attached hydrogens (primary N) is 1. The van der Waals surface area contributed by atoms with Crippen LogP contribution in [0.15, 0.2) is 30.3 Å². The molecule has 0 aliphatic rings. The molecule has 0 radical (unpaired) electrons. The van der Waals surface area contributed by atoms with Crippen molar-refractivity contribution in [2.24, 2.45) is 5.73 Å². The molecule has 0 fully saturated rings. The second-order valence-electron chi connectivity index (χ2n) is 3.13. The lowest BCUT2D eigenvalue weighted by Gasteiger charge is -2.02. The smallest absolute Gasteiger partial charge is 0.328 e. The third-order valence-electron chi connectivity index (χ3n) is 1.84. The van der Waals surface area contributed by atoms with Gasteiger partial charge in [-0.1, -0.05) is 18.2 Å². The number of amides is 2. The molecule has 5 heteroatoms. The van der Waals surface area contributed by atoms with E-state index in [1.807, 2.05) is 6.07 Å². The number of carbonyl (C=O) groups is 2. The molecule has 4 N–H and O–H groups in total. The minimum atomic E-state index is -0.999. The standard InChI is InChI=1S/C11H12N2O3/c12-11(16)13-7-9-3-1-2-8(6-9)4-5-10(14)15/h1-6H,7H2,(H,14,15)(H3,12,13,16). The van der Waals surface area contributed by atoms with Crippen LogP contribution in [0.25, 0.3) is 6.08 Å². The Bertz CT molecular complexity index is 427. The van der Waals surface area contributed by atoms with Crippen LogP contribution in [0.5, 0.6) is 0 Å². The summed E-state index contributed by atoms with van der Waals surface area (Å²) in [6, 6.07) is 6.54. The molecule has 1 aromatic carbocycles. The van der Waals surface area contributed by atoms with Crippen molar-refractivity contribution in [3.63, 3.8) is 0 Å². The van der Waals surface area contributed by atoms with Gasteiger partial charge in [-0.25, -0.2) is 9.59 Å². The highest BCUT2D eigenvalue weighted by atomic mass is 16.4. The second-order valence-corrected chi connectivity index (χ2v) is 3.13. The molecule has 2 amide bonds. The molecule has 1 rings (SSSR count). The van der Waals surface area contributed by atoms with Crippen LogP contribution in [0.4, 0.5) is 4.79 Å². The minimum Gasteiger partial charge on any atom is -0.478 e. The summed E-state index contributed by atoms with van der Waals surface area (Å²) in [5.41, 5.74) is 6.54. The van der Waals surface area contributed by atoms with Gasteiger partial charge in [-0.2, -0.15) is 0 Å². The van der Waals surface area contributed by atoms with E-state index in [4.69, 9.17) is 10.8 Å². The zero-order chi connectivity index (χ0) is 12.0. The Kier molecular flexibility index (Phi) is 4.08. The van der Waals surface area contributed by atoms with E-state index in [0.29, 0.717) is 6.54 Å². The molecule has 1 aromatic rings. The molecular formula is C11H12N2O3. The van der Waals surface area contributed by atoms with E-state index in [2.05, 4.69) is 5.32 Å². The van der Waals surface area contributed by atoms with E-state index in [0.717, 1.165) is 17.2 Å². The molecule has 5 nitrogen and oxygen atoms in total. The van der Waals surface area contributed by atoms with Gasteiger partial charge < -0.3 is 16.2 Å². The average Bonchev–Trinajstić information content (AvgIpc) is 2.24. The lowest BCUT2D eigenvalue weighted by atomic mass is 10.1. The zero-order valence-corrected chi connectivity index (χ0v) is 8.51. The first-order valence-electron chi connectivity index (χ1n) is 4.61. The van der Waals surface area contributed by atoms with Crippen molar-refractivity contribution in [1.82, 2.24) is 5.32 Å². The highest BCUT2D eigenvalue weighted by Gasteiger charge is 1.96. The molecule has 0 aromatic heterocycles. The summed E-state index contributed by atoms with van der Waals surface area (Å²) in [7, 11) is 0. The number of carboxylic acid groups (broad SMARTS) is 1. The summed E-state index contributed by atoms with van der Waals surface area (Å²) in [4.78, 5) is 20.8. The van der Waals surface area contributed by atoms with Crippen LogP contribution < -0.4 is 11.1 Å². The van der Waals surface area contributed by atoms with Gasteiger partial charge in [0.25, 0.3) is 0 Å². The topological polar surface area (TPSA) is 92.4 Å². The molecule has 0 saturated carbocycles. The maximum Gasteiger partial charge on any atom is 0.328 e. The minimum absolute atomic E-state index is 0.323. The van der Waals surface area contributed by atoms with Crippen molar-refractivity contribution in [2.75, 3.05) is 0 Å². The molecule has 84 valence electrons. The fourth-order valence-electron chi connectivity index (χ4n) is 1.16. The number of urea groups is 1. The lowest BCUT2D eigenvalue weighted by Crippen LogP contribution is -2.28. The number of carboxylic acids is 1. The van der Waals surface area contributed by atoms with Gasteiger partial charge in [-0.05, 0) is 23.3 Å². The van der Waals surface area contributed by atoms with Gasteiger partial charge in [0.2, 0.25) is 0 Å². The molecule has 0 spiro atoms. The number of benzene rings is 1. The average molecular weight is 220 g/mol. The normalized spacial score (nSPS) is 10.2. The van der Waals surface area contributed by atoms with Gasteiger partial charge in [0.05, 0.1) is 0 Å². The summed E-state index contributed by atoms with van der Waals surface area (Å²) in [5, 5.41) is 10.9. The maximum absolute atomic E-state index is 10.5. The van der Waals surface area contributed by atoms with E-state index in [1.165, 1.54) is 6.08 Å². The molecule has 0 unspecified atom stereocenters. The number of carbonyl (C=O) groups excluding carboxylic acids is 1. The Morgan fingerprint density at radius 3 is 2.81 bits per heavy atom. The highest BCUT2D eigenvalue weighted by Crippen LogP contribution is 2.06. The van der Waals surface area contributed by atoms with E-state index in [1.54, 1.807) is 18.2 Å². The molecular weight excluding hydrogens is 208 g/mol. The van der Waals surface area contributed by atoms with Gasteiger partial charge in [-0.15, -0.1) is 0 Å². The first-order chi connectivity index (χ1) is 7.58. The van der Waals surface area contributed by atoms with E-state index < -0.39 is 12.0 Å². The highest BCUT2D eigenvalue weighted by molar-refractivity contribution is 5.85. The summed E-state index contributed by atoms with van der Waals surface area (Å²) in [6.07, 6.45) is 2.54. The molecule has 0 atom stereocenters. The molecule has 0 aliphatic heterocycles. The van der Waals surface area contributed by atoms with Crippen LogP contribution in [0, 0.1) is 0 Å². The Morgan fingerprint density at radius 1 is 1.44 bits per heavy atom. The SMILES string of the molecule is NC(=O)NCc1cccc(C=CC(=O)O)c1. The largest absolute Gasteiger partial charge is 0.478 e. The third-order valence-corrected chi connectivity index (χ3v) is 1.84. The number of rotatable bonds is 4. The predicted molar refractivity (Wildman–Crippen MR) is 59.5 cm³/mol. The summed E-state index contributed by atoms with van der Waals surface area (Å²) in [5.74, 6) is -0.999. The van der Waals surface area contributed by atoms with Crippen molar-refractivity contribution >= 4 is 18.1 Å². The molecule has 0 saturated heterocycles. The monoisotopic (exact) mass is 220 g/mol. The first kappa shape index (κ1) is 11.8. The second kappa shape index (κ2) is 5.55. The van der Waals surface area contributed by atoms with Gasteiger partial charge in [0.15, 0.2) is 0 Å². The van der Waals surface area contributed by atoms with Crippen molar-refractivity contribution in [3.8, 4) is 0 Å². The van der Waals surface area contributed by atoms with Crippen molar-refractivity contribution in [1.29, 1.82) is 0 Å². The van der Waals surface area contributed by atoms with Gasteiger partial charge in [0, 0.05) is 12.6 Å².